The monoisotopic (exact) mass is 387 g/mol. The summed E-state index contributed by atoms with van der Waals surface area (Å²) >= 11 is 0. The molecule has 0 aromatic heterocycles. The van der Waals surface area contributed by atoms with Crippen LogP contribution in [0.3, 0.4) is 0 Å². The molecule has 27 heavy (non-hydrogen) atoms. The molecule has 6 nitrogen and oxygen atoms in total. The first-order chi connectivity index (χ1) is 12.8. The number of carboxylic acid groups (broad SMARTS) is 1. The Balaban J connectivity index is 2.01. The van der Waals surface area contributed by atoms with E-state index in [0.717, 1.165) is 5.56 Å². The molecule has 0 saturated heterocycles. The van der Waals surface area contributed by atoms with Crippen LogP contribution < -0.4 is 4.74 Å². The Morgan fingerprint density at radius 3 is 2.33 bits per heavy atom. The number of nitrogens with zero attached hydrogens (tertiary/aromatic N) is 1. The summed E-state index contributed by atoms with van der Waals surface area (Å²) < 4.78 is 32.9. The van der Waals surface area contributed by atoms with E-state index in [1.54, 1.807) is 48.5 Å². The van der Waals surface area contributed by atoms with Crippen LogP contribution in [0, 0.1) is 6.92 Å². The number of rotatable bonds is 6. The molecule has 0 saturated carbocycles. The Morgan fingerprint density at radius 2 is 1.78 bits per heavy atom. The van der Waals surface area contributed by atoms with Gasteiger partial charge in [0.1, 0.15) is 5.75 Å². The topological polar surface area (TPSA) is 83.9 Å². The highest BCUT2D eigenvalue weighted by Crippen LogP contribution is 2.38. The minimum absolute atomic E-state index is 0.00964. The van der Waals surface area contributed by atoms with Crippen molar-refractivity contribution in [1.82, 2.24) is 4.31 Å². The SMILES string of the molecule is CCOc1ccc(C2C(C(=O)O)=CCN2S(=O)(=O)c2ccc(C)cc2)cc1. The van der Waals surface area contributed by atoms with Gasteiger partial charge < -0.3 is 9.84 Å². The first-order valence-electron chi connectivity index (χ1n) is 8.59. The Labute approximate surface area is 158 Å². The summed E-state index contributed by atoms with van der Waals surface area (Å²) in [6, 6.07) is 12.5. The van der Waals surface area contributed by atoms with Crippen molar-refractivity contribution in [3.05, 3.63) is 71.3 Å². The highest BCUT2D eigenvalue weighted by atomic mass is 32.2. The van der Waals surface area contributed by atoms with Crippen molar-refractivity contribution in [3.63, 3.8) is 0 Å². The van der Waals surface area contributed by atoms with E-state index in [-0.39, 0.29) is 17.0 Å². The molecule has 0 bridgehead atoms. The molecule has 0 radical (unpaired) electrons. The maximum atomic E-state index is 13.1. The Kier molecular flexibility index (Phi) is 5.34. The molecule has 1 aliphatic rings. The molecule has 1 unspecified atom stereocenters. The minimum Gasteiger partial charge on any atom is -0.494 e. The van der Waals surface area contributed by atoms with Crippen LogP contribution in [0.15, 0.2) is 65.1 Å². The van der Waals surface area contributed by atoms with Crippen molar-refractivity contribution in [1.29, 1.82) is 0 Å². The van der Waals surface area contributed by atoms with Gasteiger partial charge in [-0.2, -0.15) is 4.31 Å². The lowest BCUT2D eigenvalue weighted by Gasteiger charge is -2.26. The molecule has 0 aliphatic carbocycles. The van der Waals surface area contributed by atoms with Gasteiger partial charge in [-0.05, 0) is 43.7 Å². The van der Waals surface area contributed by atoms with E-state index in [2.05, 4.69) is 0 Å². The first-order valence-corrected chi connectivity index (χ1v) is 10.0. The van der Waals surface area contributed by atoms with Crippen LogP contribution in [-0.2, 0) is 14.8 Å². The molecule has 0 amide bonds. The second-order valence-corrected chi connectivity index (χ2v) is 8.15. The lowest BCUT2D eigenvalue weighted by Crippen LogP contribution is -2.33. The second-order valence-electron chi connectivity index (χ2n) is 6.26. The van der Waals surface area contributed by atoms with Crippen LogP contribution in [0.25, 0.3) is 0 Å². The van der Waals surface area contributed by atoms with Gasteiger partial charge in [-0.1, -0.05) is 35.9 Å². The number of hydrogen-bond donors (Lipinski definition) is 1. The number of carbonyl (C=O) groups is 1. The zero-order valence-electron chi connectivity index (χ0n) is 15.1. The zero-order valence-corrected chi connectivity index (χ0v) is 15.9. The summed E-state index contributed by atoms with van der Waals surface area (Å²) in [5.41, 5.74) is 1.58. The molecule has 7 heteroatoms. The Hall–Kier alpha value is -2.64. The van der Waals surface area contributed by atoms with Crippen molar-refractivity contribution < 1.29 is 23.1 Å². The number of aliphatic carboxylic acids is 1. The lowest BCUT2D eigenvalue weighted by molar-refractivity contribution is -0.133. The van der Waals surface area contributed by atoms with Gasteiger partial charge in [-0.3, -0.25) is 0 Å². The third kappa shape index (κ3) is 3.74. The van der Waals surface area contributed by atoms with Crippen LogP contribution >= 0.6 is 0 Å². The van der Waals surface area contributed by atoms with E-state index in [4.69, 9.17) is 4.74 Å². The molecule has 2 aromatic rings. The molecule has 2 aromatic carbocycles. The summed E-state index contributed by atoms with van der Waals surface area (Å²) in [5, 5.41) is 9.56. The van der Waals surface area contributed by atoms with Crippen LogP contribution in [0.5, 0.6) is 5.75 Å². The van der Waals surface area contributed by atoms with Crippen LogP contribution in [0.2, 0.25) is 0 Å². The van der Waals surface area contributed by atoms with E-state index in [1.165, 1.54) is 10.4 Å². The molecule has 142 valence electrons. The van der Waals surface area contributed by atoms with E-state index >= 15 is 0 Å². The zero-order chi connectivity index (χ0) is 19.6. The number of aryl methyl sites for hydroxylation is 1. The summed E-state index contributed by atoms with van der Waals surface area (Å²) in [7, 11) is -3.85. The summed E-state index contributed by atoms with van der Waals surface area (Å²) in [6.07, 6.45) is 1.45. The number of sulfonamides is 1. The predicted octanol–water partition coefficient (Wildman–Crippen LogP) is 3.15. The van der Waals surface area contributed by atoms with Crippen molar-refractivity contribution in [2.75, 3.05) is 13.2 Å². The van der Waals surface area contributed by atoms with Crippen molar-refractivity contribution >= 4 is 16.0 Å². The number of benzene rings is 2. The Bertz CT molecular complexity index is 962. The smallest absolute Gasteiger partial charge is 0.333 e. The molecular formula is C20H21NO5S. The van der Waals surface area contributed by atoms with Gasteiger partial charge >= 0.3 is 5.97 Å². The average Bonchev–Trinajstić information content (AvgIpc) is 3.09. The summed E-state index contributed by atoms with van der Waals surface area (Å²) in [6.45, 7) is 4.26. The highest BCUT2D eigenvalue weighted by Gasteiger charge is 2.40. The second kappa shape index (κ2) is 7.54. The van der Waals surface area contributed by atoms with Gasteiger partial charge in [-0.15, -0.1) is 0 Å². The number of ether oxygens (including phenoxy) is 1. The van der Waals surface area contributed by atoms with Gasteiger partial charge in [0.25, 0.3) is 0 Å². The molecule has 1 aliphatic heterocycles. The van der Waals surface area contributed by atoms with E-state index in [9.17, 15) is 18.3 Å². The van der Waals surface area contributed by atoms with Gasteiger partial charge in [0.15, 0.2) is 0 Å². The quantitative estimate of drug-likeness (QED) is 0.823. The predicted molar refractivity (Wildman–Crippen MR) is 101 cm³/mol. The summed E-state index contributed by atoms with van der Waals surface area (Å²) in [4.78, 5) is 11.8. The molecule has 1 heterocycles. The van der Waals surface area contributed by atoms with Crippen molar-refractivity contribution in [3.8, 4) is 5.75 Å². The van der Waals surface area contributed by atoms with E-state index < -0.39 is 22.0 Å². The van der Waals surface area contributed by atoms with Crippen LogP contribution in [0.4, 0.5) is 0 Å². The van der Waals surface area contributed by atoms with Gasteiger partial charge in [-0.25, -0.2) is 13.2 Å². The largest absolute Gasteiger partial charge is 0.494 e. The maximum absolute atomic E-state index is 13.1. The van der Waals surface area contributed by atoms with Gasteiger partial charge in [0, 0.05) is 6.54 Å². The molecule has 0 fully saturated rings. The third-order valence-electron chi connectivity index (χ3n) is 4.46. The van der Waals surface area contributed by atoms with Crippen LogP contribution in [0.1, 0.15) is 24.1 Å². The average molecular weight is 387 g/mol. The normalized spacial score (nSPS) is 17.6. The maximum Gasteiger partial charge on any atom is 0.333 e. The first kappa shape index (κ1) is 19.1. The number of carboxylic acids is 1. The molecule has 1 atom stereocenters. The van der Waals surface area contributed by atoms with Gasteiger partial charge in [0.2, 0.25) is 10.0 Å². The lowest BCUT2D eigenvalue weighted by atomic mass is 10.0. The van der Waals surface area contributed by atoms with Crippen molar-refractivity contribution in [2.24, 2.45) is 0 Å². The standard InChI is InChI=1S/C20H21NO5S/c1-3-26-16-8-6-15(7-9-16)19-18(20(22)23)12-13-21(19)27(24,25)17-10-4-14(2)5-11-17/h4-12,19H,3,13H2,1-2H3,(H,22,23). The van der Waals surface area contributed by atoms with Crippen molar-refractivity contribution in [2.45, 2.75) is 24.8 Å². The van der Waals surface area contributed by atoms with E-state index in [0.29, 0.717) is 17.9 Å². The molecular weight excluding hydrogens is 366 g/mol. The molecule has 0 spiro atoms. The van der Waals surface area contributed by atoms with Crippen LogP contribution in [-0.4, -0.2) is 37.0 Å². The number of hydrogen-bond acceptors (Lipinski definition) is 4. The van der Waals surface area contributed by atoms with E-state index in [1.807, 2.05) is 13.8 Å². The fraction of sp³-hybridized carbons (Fsp3) is 0.250. The highest BCUT2D eigenvalue weighted by molar-refractivity contribution is 7.89. The fourth-order valence-electron chi connectivity index (χ4n) is 3.11. The molecule has 3 rings (SSSR count). The third-order valence-corrected chi connectivity index (χ3v) is 6.30. The Morgan fingerprint density at radius 1 is 1.15 bits per heavy atom. The molecule has 1 N–H and O–H groups in total. The fourth-order valence-corrected chi connectivity index (χ4v) is 4.64. The summed E-state index contributed by atoms with van der Waals surface area (Å²) in [5.74, 6) is -0.483. The minimum atomic E-state index is -3.85. The van der Waals surface area contributed by atoms with Gasteiger partial charge in [0.05, 0.1) is 23.1 Å².